The predicted molar refractivity (Wildman–Crippen MR) is 96.9 cm³/mol. The minimum Gasteiger partial charge on any atom is -0.273 e. The summed E-state index contributed by atoms with van der Waals surface area (Å²) in [4.78, 5) is 39.9. The van der Waals surface area contributed by atoms with Crippen molar-refractivity contribution in [1.82, 2.24) is 5.32 Å². The largest absolute Gasteiger partial charge is 0.335 e. The molecule has 3 rings (SSSR count). The van der Waals surface area contributed by atoms with Gasteiger partial charge in [0.05, 0.1) is 5.69 Å². The van der Waals surface area contributed by atoms with E-state index < -0.39 is 17.8 Å². The third-order valence-corrected chi connectivity index (χ3v) is 4.99. The van der Waals surface area contributed by atoms with Gasteiger partial charge < -0.3 is 0 Å². The van der Waals surface area contributed by atoms with Crippen molar-refractivity contribution in [2.45, 2.75) is 13.8 Å². The van der Waals surface area contributed by atoms with E-state index in [2.05, 4.69) is 21.2 Å². The van der Waals surface area contributed by atoms with Gasteiger partial charge >= 0.3 is 6.03 Å². The second kappa shape index (κ2) is 6.33. The number of carbonyl (C=O) groups is 3. The third kappa shape index (κ3) is 3.05. The average Bonchev–Trinajstić information content (AvgIpc) is 2.91. The summed E-state index contributed by atoms with van der Waals surface area (Å²) < 4.78 is 0.842. The number of benzene rings is 1. The van der Waals surface area contributed by atoms with E-state index in [0.717, 1.165) is 24.7 Å². The molecule has 1 aliphatic heterocycles. The van der Waals surface area contributed by atoms with Crippen molar-refractivity contribution >= 4 is 56.9 Å². The normalized spacial score (nSPS) is 16.7. The highest BCUT2D eigenvalue weighted by Crippen LogP contribution is 2.28. The van der Waals surface area contributed by atoms with Gasteiger partial charge in [0.2, 0.25) is 0 Å². The number of halogens is 1. The highest BCUT2D eigenvalue weighted by atomic mass is 79.9. The Labute approximate surface area is 151 Å². The second-order valence-electron chi connectivity index (χ2n) is 5.34. The standard InChI is InChI=1S/C17H13BrN2O3S/c1-9-7-11(18)4-6-14(9)20-16(22)13(15(21)19-17(20)23)8-12-5-3-10(2)24-12/h3-8H,1-2H3,(H,19,21,23)/b13-8+. The molecule has 0 bridgehead atoms. The molecule has 1 aromatic heterocycles. The van der Waals surface area contributed by atoms with Crippen molar-refractivity contribution in [3.63, 3.8) is 0 Å². The first-order chi connectivity index (χ1) is 11.4. The molecule has 5 nitrogen and oxygen atoms in total. The van der Waals surface area contributed by atoms with Crippen molar-refractivity contribution in [3.8, 4) is 0 Å². The van der Waals surface area contributed by atoms with Gasteiger partial charge in [0.1, 0.15) is 5.57 Å². The van der Waals surface area contributed by atoms with Crippen LogP contribution in [0.5, 0.6) is 0 Å². The van der Waals surface area contributed by atoms with Crippen LogP contribution in [0, 0.1) is 13.8 Å². The summed E-state index contributed by atoms with van der Waals surface area (Å²) in [6, 6.07) is 8.21. The van der Waals surface area contributed by atoms with Crippen LogP contribution in [0.25, 0.3) is 6.08 Å². The van der Waals surface area contributed by atoms with E-state index >= 15 is 0 Å². The molecule has 1 aromatic carbocycles. The van der Waals surface area contributed by atoms with Crippen molar-refractivity contribution in [2.75, 3.05) is 4.90 Å². The number of anilines is 1. The van der Waals surface area contributed by atoms with Gasteiger partial charge in [0, 0.05) is 14.2 Å². The summed E-state index contributed by atoms with van der Waals surface area (Å²) >= 11 is 4.82. The van der Waals surface area contributed by atoms with Crippen LogP contribution < -0.4 is 10.2 Å². The van der Waals surface area contributed by atoms with E-state index in [-0.39, 0.29) is 5.57 Å². The zero-order valence-corrected chi connectivity index (χ0v) is 15.3. The fourth-order valence-electron chi connectivity index (χ4n) is 2.42. The van der Waals surface area contributed by atoms with Gasteiger partial charge in [-0.25, -0.2) is 9.69 Å². The lowest BCUT2D eigenvalue weighted by atomic mass is 10.1. The number of thiophene rings is 1. The lowest BCUT2D eigenvalue weighted by Crippen LogP contribution is -2.54. The van der Waals surface area contributed by atoms with Gasteiger partial charge in [-0.05, 0) is 55.8 Å². The van der Waals surface area contributed by atoms with E-state index in [1.54, 1.807) is 25.1 Å². The van der Waals surface area contributed by atoms with Crippen LogP contribution in [0.4, 0.5) is 10.5 Å². The van der Waals surface area contributed by atoms with Crippen LogP contribution >= 0.6 is 27.3 Å². The van der Waals surface area contributed by atoms with Crippen LogP contribution in [0.1, 0.15) is 15.3 Å². The van der Waals surface area contributed by atoms with Crippen LogP contribution in [0.15, 0.2) is 40.4 Å². The maximum atomic E-state index is 12.8. The first-order valence-electron chi connectivity index (χ1n) is 7.11. The Kier molecular flexibility index (Phi) is 4.38. The molecule has 2 aromatic rings. The first-order valence-corrected chi connectivity index (χ1v) is 8.72. The molecule has 0 atom stereocenters. The second-order valence-corrected chi connectivity index (χ2v) is 7.57. The number of barbiturate groups is 1. The average molecular weight is 405 g/mol. The Balaban J connectivity index is 2.04. The molecule has 7 heteroatoms. The smallest absolute Gasteiger partial charge is 0.273 e. The van der Waals surface area contributed by atoms with E-state index in [0.29, 0.717) is 5.69 Å². The van der Waals surface area contributed by atoms with Gasteiger partial charge in [-0.3, -0.25) is 14.9 Å². The van der Waals surface area contributed by atoms with Crippen molar-refractivity contribution in [1.29, 1.82) is 0 Å². The fourth-order valence-corrected chi connectivity index (χ4v) is 3.72. The summed E-state index contributed by atoms with van der Waals surface area (Å²) in [5, 5.41) is 2.23. The number of nitrogens with one attached hydrogen (secondary N) is 1. The van der Waals surface area contributed by atoms with Crippen LogP contribution in [-0.2, 0) is 9.59 Å². The van der Waals surface area contributed by atoms with E-state index in [1.807, 2.05) is 19.1 Å². The maximum Gasteiger partial charge on any atom is 0.335 e. The lowest BCUT2D eigenvalue weighted by molar-refractivity contribution is -0.122. The van der Waals surface area contributed by atoms with Gasteiger partial charge in [0.15, 0.2) is 0 Å². The molecule has 1 aliphatic rings. The molecule has 2 heterocycles. The number of hydrogen-bond donors (Lipinski definition) is 1. The van der Waals surface area contributed by atoms with E-state index in [4.69, 9.17) is 0 Å². The summed E-state index contributed by atoms with van der Waals surface area (Å²) in [5.74, 6) is -1.30. The number of aryl methyl sites for hydroxylation is 2. The molecular weight excluding hydrogens is 392 g/mol. The van der Waals surface area contributed by atoms with Crippen LogP contribution in [-0.4, -0.2) is 17.8 Å². The van der Waals surface area contributed by atoms with Crippen LogP contribution in [0.3, 0.4) is 0 Å². The Morgan fingerprint density at radius 1 is 1.12 bits per heavy atom. The number of hydrogen-bond acceptors (Lipinski definition) is 4. The Hall–Kier alpha value is -2.25. The highest BCUT2D eigenvalue weighted by Gasteiger charge is 2.37. The monoisotopic (exact) mass is 404 g/mol. The SMILES string of the molecule is Cc1ccc(/C=C2\C(=O)NC(=O)N(c3ccc(Br)cc3C)C2=O)s1. The molecule has 0 aliphatic carbocycles. The number of amides is 4. The van der Waals surface area contributed by atoms with E-state index in [9.17, 15) is 14.4 Å². The molecule has 0 radical (unpaired) electrons. The fraction of sp³-hybridized carbons (Fsp3) is 0.118. The summed E-state index contributed by atoms with van der Waals surface area (Å²) in [6.45, 7) is 3.74. The number of imide groups is 2. The minimum atomic E-state index is -0.741. The van der Waals surface area contributed by atoms with Crippen molar-refractivity contribution in [2.24, 2.45) is 0 Å². The molecule has 0 spiro atoms. The van der Waals surface area contributed by atoms with Crippen LogP contribution in [0.2, 0.25) is 0 Å². The third-order valence-electron chi connectivity index (χ3n) is 3.55. The molecule has 24 heavy (non-hydrogen) atoms. The van der Waals surface area contributed by atoms with Gasteiger partial charge in [-0.15, -0.1) is 11.3 Å². The predicted octanol–water partition coefficient (Wildman–Crippen LogP) is 3.79. The highest BCUT2D eigenvalue weighted by molar-refractivity contribution is 9.10. The summed E-state index contributed by atoms with van der Waals surface area (Å²) in [5.41, 5.74) is 1.13. The summed E-state index contributed by atoms with van der Waals surface area (Å²) in [7, 11) is 0. The zero-order chi connectivity index (χ0) is 17.4. The Bertz CT molecular complexity index is 901. The molecular formula is C17H13BrN2O3S. The number of urea groups is 1. The molecule has 122 valence electrons. The number of nitrogens with zero attached hydrogens (tertiary/aromatic N) is 1. The number of carbonyl (C=O) groups excluding carboxylic acids is 3. The van der Waals surface area contributed by atoms with Gasteiger partial charge in [-0.2, -0.15) is 0 Å². The molecule has 0 unspecified atom stereocenters. The van der Waals surface area contributed by atoms with Crippen molar-refractivity contribution < 1.29 is 14.4 Å². The zero-order valence-electron chi connectivity index (χ0n) is 12.9. The van der Waals surface area contributed by atoms with Gasteiger partial charge in [0.25, 0.3) is 11.8 Å². The quantitative estimate of drug-likeness (QED) is 0.611. The molecule has 1 saturated heterocycles. The number of rotatable bonds is 2. The molecule has 1 fully saturated rings. The van der Waals surface area contributed by atoms with E-state index in [1.165, 1.54) is 17.4 Å². The first kappa shape index (κ1) is 16.6. The molecule has 0 saturated carbocycles. The molecule has 4 amide bonds. The maximum absolute atomic E-state index is 12.8. The van der Waals surface area contributed by atoms with Crippen molar-refractivity contribution in [3.05, 3.63) is 55.7 Å². The van der Waals surface area contributed by atoms with Gasteiger partial charge in [-0.1, -0.05) is 15.9 Å². The minimum absolute atomic E-state index is 0.0567. The Morgan fingerprint density at radius 2 is 1.88 bits per heavy atom. The topological polar surface area (TPSA) is 66.5 Å². The summed E-state index contributed by atoms with van der Waals surface area (Å²) in [6.07, 6.45) is 1.52. The Morgan fingerprint density at radius 3 is 2.50 bits per heavy atom. The molecule has 1 N–H and O–H groups in total. The lowest BCUT2D eigenvalue weighted by Gasteiger charge is -2.27.